The number of benzene rings is 1. The van der Waals surface area contributed by atoms with Crippen molar-refractivity contribution in [3.63, 3.8) is 0 Å². The number of nitrogens with one attached hydrogen (secondary N) is 2. The molecule has 0 aliphatic rings. The maximum absolute atomic E-state index is 12.2. The lowest BCUT2D eigenvalue weighted by molar-refractivity contribution is 0.199. The maximum atomic E-state index is 12.2. The molecular weight excluding hydrogens is 344 g/mol. The molecule has 23 heavy (non-hydrogen) atoms. The largest absolute Gasteiger partial charge is 0.423 e. The van der Waals surface area contributed by atoms with Gasteiger partial charge in [-0.2, -0.15) is 0 Å². The van der Waals surface area contributed by atoms with Crippen molar-refractivity contribution in [3.8, 4) is 0 Å². The second-order valence-corrected chi connectivity index (χ2v) is 6.36. The van der Waals surface area contributed by atoms with Crippen molar-refractivity contribution >= 4 is 33.4 Å². The minimum Gasteiger partial charge on any atom is -0.423 e. The summed E-state index contributed by atoms with van der Waals surface area (Å²) in [7, 11) is -1.99. The van der Waals surface area contributed by atoms with E-state index in [0.29, 0.717) is 30.7 Å². The first-order chi connectivity index (χ1) is 10.5. The average Bonchev–Trinajstić information content (AvgIpc) is 2.50. The summed E-state index contributed by atoms with van der Waals surface area (Å²) in [6.07, 6.45) is 0. The van der Waals surface area contributed by atoms with Gasteiger partial charge in [-0.25, -0.2) is 17.9 Å². The Morgan fingerprint density at radius 3 is 2.65 bits per heavy atom. The van der Waals surface area contributed by atoms with Gasteiger partial charge in [0.15, 0.2) is 0 Å². The van der Waals surface area contributed by atoms with Gasteiger partial charge >= 0.3 is 5.63 Å². The lowest BCUT2D eigenvalue weighted by atomic mass is 10.2. The van der Waals surface area contributed by atoms with E-state index in [9.17, 15) is 13.2 Å². The molecule has 7 nitrogen and oxygen atoms in total. The third-order valence-electron chi connectivity index (χ3n) is 2.98. The zero-order valence-corrected chi connectivity index (χ0v) is 14.2. The highest BCUT2D eigenvalue weighted by Crippen LogP contribution is 2.17. The van der Waals surface area contributed by atoms with Gasteiger partial charge in [0.05, 0.1) is 11.5 Å². The standard InChI is InChI=1S/C14H18N2O5S.ClH/c1-20-9-8-15-6-7-16-22(18,19)12-3-4-13-11(10-12)2-5-14(17)21-13;/h2-5,10,15-16H,6-9H2,1H3;1H. The van der Waals surface area contributed by atoms with Gasteiger partial charge in [-0.15, -0.1) is 12.4 Å². The van der Waals surface area contributed by atoms with Crippen LogP contribution in [0.25, 0.3) is 11.0 Å². The normalized spacial score (nSPS) is 11.3. The molecule has 0 unspecified atom stereocenters. The highest BCUT2D eigenvalue weighted by atomic mass is 35.5. The van der Waals surface area contributed by atoms with E-state index in [4.69, 9.17) is 9.15 Å². The molecule has 0 saturated carbocycles. The molecule has 0 radical (unpaired) electrons. The Balaban J connectivity index is 0.00000264. The molecule has 0 aliphatic heterocycles. The summed E-state index contributed by atoms with van der Waals surface area (Å²) in [5, 5.41) is 3.60. The van der Waals surface area contributed by atoms with Gasteiger partial charge in [0, 0.05) is 38.2 Å². The van der Waals surface area contributed by atoms with E-state index in [0.717, 1.165) is 0 Å². The van der Waals surface area contributed by atoms with E-state index in [-0.39, 0.29) is 23.8 Å². The van der Waals surface area contributed by atoms with E-state index < -0.39 is 15.6 Å². The number of fused-ring (bicyclic) bond motifs is 1. The molecule has 0 fully saturated rings. The van der Waals surface area contributed by atoms with Crippen molar-refractivity contribution in [2.24, 2.45) is 0 Å². The van der Waals surface area contributed by atoms with Gasteiger partial charge in [-0.05, 0) is 24.3 Å². The smallest absolute Gasteiger partial charge is 0.336 e. The molecule has 0 saturated heterocycles. The predicted molar refractivity (Wildman–Crippen MR) is 89.7 cm³/mol. The van der Waals surface area contributed by atoms with Crippen LogP contribution in [0.1, 0.15) is 0 Å². The highest BCUT2D eigenvalue weighted by molar-refractivity contribution is 7.89. The Morgan fingerprint density at radius 2 is 1.91 bits per heavy atom. The van der Waals surface area contributed by atoms with Crippen LogP contribution < -0.4 is 15.7 Å². The molecule has 1 aromatic heterocycles. The number of hydrogen-bond acceptors (Lipinski definition) is 6. The average molecular weight is 363 g/mol. The number of ether oxygens (including phenoxy) is 1. The Kier molecular flexibility index (Phi) is 7.66. The van der Waals surface area contributed by atoms with Gasteiger partial charge in [0.2, 0.25) is 10.0 Å². The van der Waals surface area contributed by atoms with Crippen molar-refractivity contribution in [2.45, 2.75) is 4.90 Å². The van der Waals surface area contributed by atoms with Gasteiger partial charge < -0.3 is 14.5 Å². The minimum absolute atomic E-state index is 0. The zero-order chi connectivity index (χ0) is 16.0. The molecule has 9 heteroatoms. The summed E-state index contributed by atoms with van der Waals surface area (Å²) in [5.74, 6) is 0. The Bertz CT molecular complexity index is 791. The summed E-state index contributed by atoms with van der Waals surface area (Å²) in [4.78, 5) is 11.2. The molecule has 0 spiro atoms. The maximum Gasteiger partial charge on any atom is 0.336 e. The number of halogens is 1. The molecule has 0 amide bonds. The van der Waals surface area contributed by atoms with Gasteiger partial charge in [-0.3, -0.25) is 0 Å². The molecule has 1 heterocycles. The van der Waals surface area contributed by atoms with Crippen LogP contribution in [-0.2, 0) is 14.8 Å². The summed E-state index contributed by atoms with van der Waals surface area (Å²) in [6, 6.07) is 7.14. The van der Waals surface area contributed by atoms with Crippen molar-refractivity contribution in [3.05, 3.63) is 40.8 Å². The Hall–Kier alpha value is -1.45. The van der Waals surface area contributed by atoms with E-state index in [1.54, 1.807) is 7.11 Å². The fourth-order valence-corrected chi connectivity index (χ4v) is 2.94. The number of hydrogen-bond donors (Lipinski definition) is 2. The topological polar surface area (TPSA) is 97.6 Å². The first-order valence-electron chi connectivity index (χ1n) is 6.76. The number of methoxy groups -OCH3 is 1. The minimum atomic E-state index is -3.60. The molecular formula is C14H19ClN2O5S. The number of rotatable bonds is 8. The molecule has 0 bridgehead atoms. The van der Waals surface area contributed by atoms with Crippen LogP contribution in [0, 0.1) is 0 Å². The summed E-state index contributed by atoms with van der Waals surface area (Å²) in [6.45, 7) is 2.01. The van der Waals surface area contributed by atoms with Crippen LogP contribution in [-0.4, -0.2) is 41.8 Å². The van der Waals surface area contributed by atoms with Crippen LogP contribution in [0.4, 0.5) is 0 Å². The van der Waals surface area contributed by atoms with Crippen LogP contribution >= 0.6 is 12.4 Å². The third kappa shape index (κ3) is 5.60. The van der Waals surface area contributed by atoms with E-state index in [2.05, 4.69) is 10.0 Å². The summed E-state index contributed by atoms with van der Waals surface area (Å²) in [5.41, 5.74) is -0.115. The van der Waals surface area contributed by atoms with Crippen LogP contribution in [0.2, 0.25) is 0 Å². The molecule has 2 N–H and O–H groups in total. The molecule has 1 aromatic carbocycles. The third-order valence-corrected chi connectivity index (χ3v) is 4.44. The zero-order valence-electron chi connectivity index (χ0n) is 12.6. The fraction of sp³-hybridized carbons (Fsp3) is 0.357. The van der Waals surface area contributed by atoms with Gasteiger partial charge in [0.25, 0.3) is 0 Å². The van der Waals surface area contributed by atoms with Crippen molar-refractivity contribution in [1.29, 1.82) is 0 Å². The van der Waals surface area contributed by atoms with Gasteiger partial charge in [-0.1, -0.05) is 0 Å². The van der Waals surface area contributed by atoms with Crippen LogP contribution in [0.5, 0.6) is 0 Å². The van der Waals surface area contributed by atoms with Crippen LogP contribution in [0.3, 0.4) is 0 Å². The Labute approximate surface area is 140 Å². The lowest BCUT2D eigenvalue weighted by Gasteiger charge is -2.08. The summed E-state index contributed by atoms with van der Waals surface area (Å²) >= 11 is 0. The van der Waals surface area contributed by atoms with Crippen LogP contribution in [0.15, 0.2) is 44.4 Å². The Morgan fingerprint density at radius 1 is 1.13 bits per heavy atom. The predicted octanol–water partition coefficient (Wildman–Crippen LogP) is 0.729. The molecule has 2 rings (SSSR count). The molecule has 2 aromatic rings. The molecule has 128 valence electrons. The van der Waals surface area contributed by atoms with Crippen molar-refractivity contribution < 1.29 is 17.6 Å². The SMILES string of the molecule is COCCNCCNS(=O)(=O)c1ccc2oc(=O)ccc2c1.Cl. The number of sulfonamides is 1. The quantitative estimate of drug-likeness (QED) is 0.530. The second kappa shape index (κ2) is 8.99. The van der Waals surface area contributed by atoms with E-state index >= 15 is 0 Å². The van der Waals surface area contributed by atoms with Crippen molar-refractivity contribution in [2.75, 3.05) is 33.4 Å². The second-order valence-electron chi connectivity index (χ2n) is 4.59. The lowest BCUT2D eigenvalue weighted by Crippen LogP contribution is -2.33. The first kappa shape index (κ1) is 19.6. The van der Waals surface area contributed by atoms with E-state index in [1.165, 1.54) is 30.3 Å². The first-order valence-corrected chi connectivity index (χ1v) is 8.24. The fourth-order valence-electron chi connectivity index (χ4n) is 1.87. The van der Waals surface area contributed by atoms with E-state index in [1.807, 2.05) is 0 Å². The molecule has 0 aliphatic carbocycles. The van der Waals surface area contributed by atoms with Crippen molar-refractivity contribution in [1.82, 2.24) is 10.0 Å². The van der Waals surface area contributed by atoms with Gasteiger partial charge in [0.1, 0.15) is 5.58 Å². The highest BCUT2D eigenvalue weighted by Gasteiger charge is 2.14. The molecule has 0 atom stereocenters. The monoisotopic (exact) mass is 362 g/mol. The summed E-state index contributed by atoms with van der Waals surface area (Å²) < 4.78 is 36.7.